The van der Waals surface area contributed by atoms with Gasteiger partial charge in [0.2, 0.25) is 0 Å². The average Bonchev–Trinajstić information content (AvgIpc) is 3.09. The fourth-order valence-corrected chi connectivity index (χ4v) is 4.84. The third-order valence-electron chi connectivity index (χ3n) is 5.79. The van der Waals surface area contributed by atoms with E-state index in [2.05, 4.69) is 22.8 Å². The Morgan fingerprint density at radius 3 is 3.16 bits per heavy atom. The normalized spacial score (nSPS) is 32.7. The van der Waals surface area contributed by atoms with Crippen molar-refractivity contribution in [3.63, 3.8) is 0 Å². The lowest BCUT2D eigenvalue weighted by atomic mass is 9.77. The van der Waals surface area contributed by atoms with Crippen LogP contribution < -0.4 is 4.73 Å². The molecule has 1 spiro atoms. The van der Waals surface area contributed by atoms with Gasteiger partial charge >= 0.3 is 5.97 Å². The van der Waals surface area contributed by atoms with Crippen molar-refractivity contribution >= 4 is 5.97 Å². The molecule has 5 rings (SSSR count). The summed E-state index contributed by atoms with van der Waals surface area (Å²) in [6.45, 7) is 1.05. The molecule has 5 heteroatoms. The Kier molecular flexibility index (Phi) is 3.07. The lowest BCUT2D eigenvalue weighted by molar-refractivity contribution is -0.605. The van der Waals surface area contributed by atoms with Crippen LogP contribution in [0.5, 0.6) is 0 Å². The summed E-state index contributed by atoms with van der Waals surface area (Å²) in [6, 6.07) is 4.03. The molecule has 2 saturated heterocycles. The van der Waals surface area contributed by atoms with E-state index < -0.39 is 5.60 Å². The van der Waals surface area contributed by atoms with Crippen LogP contribution in [0.25, 0.3) is 0 Å². The van der Waals surface area contributed by atoms with Crippen molar-refractivity contribution < 1.29 is 14.3 Å². The van der Waals surface area contributed by atoms with Crippen molar-refractivity contribution in [2.75, 3.05) is 6.54 Å². The van der Waals surface area contributed by atoms with Crippen molar-refractivity contribution in [2.24, 2.45) is 0 Å². The molecule has 0 amide bonds. The molecule has 126 valence electrons. The molecule has 0 N–H and O–H groups in total. The van der Waals surface area contributed by atoms with Crippen LogP contribution in [-0.4, -0.2) is 35.1 Å². The van der Waals surface area contributed by atoms with E-state index in [1.54, 1.807) is 12.1 Å². The first-order chi connectivity index (χ1) is 12.2. The quantitative estimate of drug-likeness (QED) is 0.312. The second kappa shape index (κ2) is 5.21. The zero-order valence-electron chi connectivity index (χ0n) is 13.8. The number of ether oxygens (including phenoxy) is 1. The van der Waals surface area contributed by atoms with Gasteiger partial charge < -0.3 is 9.94 Å². The Morgan fingerprint density at radius 2 is 2.28 bits per heavy atom. The Bertz CT molecular complexity index is 892. The molecular formula is C20H18N2O3. The van der Waals surface area contributed by atoms with Gasteiger partial charge in [-0.1, -0.05) is 24.3 Å². The van der Waals surface area contributed by atoms with E-state index in [9.17, 15) is 10.0 Å². The first-order valence-corrected chi connectivity index (χ1v) is 8.80. The van der Waals surface area contributed by atoms with E-state index in [0.717, 1.165) is 35.3 Å². The maximum Gasteiger partial charge on any atom is 0.332 e. The molecule has 5 nitrogen and oxygen atoms in total. The van der Waals surface area contributed by atoms with Gasteiger partial charge in [-0.3, -0.25) is 4.90 Å². The lowest BCUT2D eigenvalue weighted by Crippen LogP contribution is -2.48. The number of hydrogen-bond acceptors (Lipinski definition) is 4. The highest BCUT2D eigenvalue weighted by atomic mass is 16.6. The van der Waals surface area contributed by atoms with Crippen LogP contribution in [0, 0.1) is 17.0 Å². The highest BCUT2D eigenvalue weighted by Crippen LogP contribution is 2.53. The molecule has 25 heavy (non-hydrogen) atoms. The molecular weight excluding hydrogens is 316 g/mol. The van der Waals surface area contributed by atoms with Crippen LogP contribution >= 0.6 is 0 Å². The Morgan fingerprint density at radius 1 is 1.36 bits per heavy atom. The smallest absolute Gasteiger partial charge is 0.332 e. The number of rotatable bonds is 0. The molecule has 3 aliphatic heterocycles. The van der Waals surface area contributed by atoms with Gasteiger partial charge in [0.05, 0.1) is 11.6 Å². The van der Waals surface area contributed by atoms with E-state index in [1.165, 1.54) is 25.2 Å². The van der Waals surface area contributed by atoms with Crippen LogP contribution in [-0.2, 0) is 9.53 Å². The summed E-state index contributed by atoms with van der Waals surface area (Å²) in [5.74, 6) is 6.00. The SMILES string of the molecule is O=C1C=C2C(C#Cc3ccc[n+]([O-])c3)=C[C@@H]3C[C@@]2(O1)[C@H]1CCCCN31. The first-order valence-electron chi connectivity index (χ1n) is 8.80. The topological polar surface area (TPSA) is 56.5 Å². The van der Waals surface area contributed by atoms with Gasteiger partial charge in [-0.05, 0) is 25.5 Å². The van der Waals surface area contributed by atoms with Gasteiger partial charge in [-0.25, -0.2) is 4.79 Å². The Labute approximate surface area is 146 Å². The van der Waals surface area contributed by atoms with Crippen molar-refractivity contribution in [3.05, 3.63) is 58.6 Å². The highest BCUT2D eigenvalue weighted by Gasteiger charge is 2.61. The summed E-state index contributed by atoms with van der Waals surface area (Å²) in [5, 5.41) is 11.4. The number of esters is 1. The number of hydrogen-bond donors (Lipinski definition) is 0. The third kappa shape index (κ3) is 2.14. The molecule has 1 aromatic heterocycles. The van der Waals surface area contributed by atoms with E-state index in [-0.39, 0.29) is 18.1 Å². The number of nitrogens with zero attached hydrogens (tertiary/aromatic N) is 2. The van der Waals surface area contributed by atoms with Crippen molar-refractivity contribution in [1.82, 2.24) is 4.90 Å². The van der Waals surface area contributed by atoms with Gasteiger partial charge in [0.1, 0.15) is 0 Å². The number of piperidine rings is 1. The van der Waals surface area contributed by atoms with Crippen LogP contribution in [0.1, 0.15) is 31.2 Å². The summed E-state index contributed by atoms with van der Waals surface area (Å²) in [6.07, 6.45) is 11.0. The van der Waals surface area contributed by atoms with Gasteiger partial charge in [-0.2, -0.15) is 4.73 Å². The fourth-order valence-electron chi connectivity index (χ4n) is 4.84. The lowest BCUT2D eigenvalue weighted by Gasteiger charge is -2.38. The third-order valence-corrected chi connectivity index (χ3v) is 5.79. The van der Waals surface area contributed by atoms with E-state index in [1.807, 2.05) is 6.07 Å². The number of carbonyl (C=O) groups is 1. The van der Waals surface area contributed by atoms with Crippen molar-refractivity contribution in [1.29, 1.82) is 0 Å². The monoisotopic (exact) mass is 334 g/mol. The standard InChI is InChI=1S/C20H18N2O3/c23-19-11-17-15(7-6-14-4-3-8-21(24)13-14)10-16-12-20(17,25-19)18-5-1-2-9-22(16)18/h3-4,8,10-11,13,16,18H,1-2,5,9,12H2/t16-,18-,20+/m1/s1. The zero-order chi connectivity index (χ0) is 17.0. The van der Waals surface area contributed by atoms with Gasteiger partial charge in [0.25, 0.3) is 0 Å². The minimum absolute atomic E-state index is 0.257. The Hall–Kier alpha value is -2.58. The van der Waals surface area contributed by atoms with Gasteiger partial charge in [0.15, 0.2) is 18.0 Å². The molecule has 4 heterocycles. The first kappa shape index (κ1) is 14.7. The van der Waals surface area contributed by atoms with Crippen LogP contribution in [0.4, 0.5) is 0 Å². The maximum atomic E-state index is 12.1. The second-order valence-corrected chi connectivity index (χ2v) is 7.17. The highest BCUT2D eigenvalue weighted by molar-refractivity contribution is 5.90. The molecule has 0 unspecified atom stereocenters. The molecule has 4 aliphatic rings. The Balaban J connectivity index is 1.57. The van der Waals surface area contributed by atoms with Crippen molar-refractivity contribution in [2.45, 2.75) is 43.4 Å². The van der Waals surface area contributed by atoms with Crippen LogP contribution in [0.2, 0.25) is 0 Å². The van der Waals surface area contributed by atoms with Gasteiger partial charge in [0, 0.05) is 35.8 Å². The summed E-state index contributed by atoms with van der Waals surface area (Å²) >= 11 is 0. The number of aromatic nitrogens is 1. The molecule has 0 saturated carbocycles. The fraction of sp³-hybridized carbons (Fsp3) is 0.400. The second-order valence-electron chi connectivity index (χ2n) is 7.17. The average molecular weight is 334 g/mol. The summed E-state index contributed by atoms with van der Waals surface area (Å²) in [4.78, 5) is 14.6. The summed E-state index contributed by atoms with van der Waals surface area (Å²) in [7, 11) is 0. The summed E-state index contributed by atoms with van der Waals surface area (Å²) < 4.78 is 6.62. The molecule has 0 radical (unpaired) electrons. The largest absolute Gasteiger partial charge is 0.619 e. The van der Waals surface area contributed by atoms with E-state index in [4.69, 9.17) is 4.74 Å². The molecule has 0 aromatic carbocycles. The number of carbonyl (C=O) groups excluding carboxylic acids is 1. The number of fused-ring (bicyclic) bond motifs is 3. The number of pyridine rings is 1. The van der Waals surface area contributed by atoms with E-state index in [0.29, 0.717) is 5.56 Å². The molecule has 2 fully saturated rings. The molecule has 3 atom stereocenters. The molecule has 2 bridgehead atoms. The molecule has 1 aliphatic carbocycles. The predicted molar refractivity (Wildman–Crippen MR) is 90.0 cm³/mol. The minimum Gasteiger partial charge on any atom is -0.619 e. The van der Waals surface area contributed by atoms with Crippen LogP contribution in [0.3, 0.4) is 0 Å². The molecule has 1 aromatic rings. The maximum absolute atomic E-state index is 12.1. The minimum atomic E-state index is -0.518. The van der Waals surface area contributed by atoms with Crippen molar-refractivity contribution in [3.8, 4) is 11.8 Å². The zero-order valence-corrected chi connectivity index (χ0v) is 13.8. The van der Waals surface area contributed by atoms with E-state index >= 15 is 0 Å². The van der Waals surface area contributed by atoms with Gasteiger partial charge in [-0.15, -0.1) is 0 Å². The van der Waals surface area contributed by atoms with Crippen LogP contribution in [0.15, 0.2) is 47.8 Å². The predicted octanol–water partition coefficient (Wildman–Crippen LogP) is 1.46. The summed E-state index contributed by atoms with van der Waals surface area (Å²) in [5.41, 5.74) is 1.95.